The molecule has 0 radical (unpaired) electrons. The Morgan fingerprint density at radius 3 is 2.07 bits per heavy atom. The fourth-order valence-corrected chi connectivity index (χ4v) is 3.62. The second-order valence-electron chi connectivity index (χ2n) is 8.30. The van der Waals surface area contributed by atoms with Gasteiger partial charge in [-0.3, -0.25) is 10.2 Å². The molecular weight excluding hydrogens is 354 g/mol. The van der Waals surface area contributed by atoms with E-state index in [9.17, 15) is 4.79 Å². The van der Waals surface area contributed by atoms with E-state index >= 15 is 0 Å². The third-order valence-electron chi connectivity index (χ3n) is 4.42. The molecule has 0 fully saturated rings. The summed E-state index contributed by atoms with van der Waals surface area (Å²) in [6.45, 7) is 12.9. The first kappa shape index (κ1) is 21.8. The molecule has 2 atom stereocenters. The van der Waals surface area contributed by atoms with Crippen LogP contribution < -0.4 is 10.1 Å². The van der Waals surface area contributed by atoms with E-state index in [1.165, 1.54) is 5.56 Å². The third kappa shape index (κ3) is 6.57. The van der Waals surface area contributed by atoms with Crippen molar-refractivity contribution in [2.45, 2.75) is 53.8 Å². The standard InChI is InChI=1S/C23H31NO4/c1-16(2)21(23(4,5)6)18-12-14-20(15-13-18)26-17(3)27-28-22(25)24-19-10-8-7-9-11-19/h7-17,21H,1-6H3,(H,24,25). The minimum Gasteiger partial charge on any atom is -0.461 e. The van der Waals surface area contributed by atoms with Gasteiger partial charge in [-0.2, -0.15) is 0 Å². The number of hydrogen-bond donors (Lipinski definition) is 1. The Balaban J connectivity index is 1.87. The van der Waals surface area contributed by atoms with E-state index in [-0.39, 0.29) is 5.41 Å². The molecule has 5 nitrogen and oxygen atoms in total. The number of benzene rings is 2. The summed E-state index contributed by atoms with van der Waals surface area (Å²) < 4.78 is 5.67. The Labute approximate surface area is 167 Å². The molecule has 2 aromatic carbocycles. The summed E-state index contributed by atoms with van der Waals surface area (Å²) in [7, 11) is 0. The van der Waals surface area contributed by atoms with Gasteiger partial charge in [-0.25, -0.2) is 4.79 Å². The van der Waals surface area contributed by atoms with Crippen LogP contribution in [0.3, 0.4) is 0 Å². The van der Waals surface area contributed by atoms with E-state index in [4.69, 9.17) is 14.5 Å². The molecule has 2 aromatic rings. The number of nitrogens with one attached hydrogen (secondary N) is 1. The van der Waals surface area contributed by atoms with E-state index in [1.807, 2.05) is 30.3 Å². The van der Waals surface area contributed by atoms with E-state index < -0.39 is 12.4 Å². The molecule has 0 aromatic heterocycles. The Morgan fingerprint density at radius 2 is 1.54 bits per heavy atom. The van der Waals surface area contributed by atoms with E-state index in [1.54, 1.807) is 19.1 Å². The fraction of sp³-hybridized carbons (Fsp3) is 0.435. The Hall–Kier alpha value is -2.53. The number of hydrogen-bond acceptors (Lipinski definition) is 4. The number of anilines is 1. The highest BCUT2D eigenvalue weighted by Gasteiger charge is 2.28. The molecule has 0 aliphatic heterocycles. The van der Waals surface area contributed by atoms with Crippen molar-refractivity contribution in [3.63, 3.8) is 0 Å². The van der Waals surface area contributed by atoms with Gasteiger partial charge in [0.25, 0.3) is 0 Å². The summed E-state index contributed by atoms with van der Waals surface area (Å²) in [6.07, 6.45) is -1.45. The molecule has 0 saturated heterocycles. The van der Waals surface area contributed by atoms with Crippen LogP contribution in [0.5, 0.6) is 5.75 Å². The van der Waals surface area contributed by atoms with Gasteiger partial charge in [0.2, 0.25) is 6.29 Å². The number of para-hydroxylation sites is 1. The summed E-state index contributed by atoms with van der Waals surface area (Å²) in [5, 5.41) is 2.56. The van der Waals surface area contributed by atoms with Crippen molar-refractivity contribution in [3.05, 3.63) is 60.2 Å². The van der Waals surface area contributed by atoms with Crippen LogP contribution >= 0.6 is 0 Å². The largest absolute Gasteiger partial charge is 0.461 e. The summed E-state index contributed by atoms with van der Waals surface area (Å²) >= 11 is 0. The van der Waals surface area contributed by atoms with Crippen molar-refractivity contribution in [1.82, 2.24) is 0 Å². The van der Waals surface area contributed by atoms with Crippen molar-refractivity contribution in [1.29, 1.82) is 0 Å². The highest BCUT2D eigenvalue weighted by atomic mass is 17.2. The first-order valence-corrected chi connectivity index (χ1v) is 9.63. The van der Waals surface area contributed by atoms with Crippen LogP contribution in [0, 0.1) is 11.3 Å². The number of carbonyl (C=O) groups is 1. The number of amides is 1. The van der Waals surface area contributed by atoms with E-state index in [2.05, 4.69) is 52.1 Å². The molecule has 0 spiro atoms. The zero-order valence-corrected chi connectivity index (χ0v) is 17.6. The van der Waals surface area contributed by atoms with Crippen molar-refractivity contribution < 1.29 is 19.3 Å². The zero-order valence-electron chi connectivity index (χ0n) is 17.6. The monoisotopic (exact) mass is 385 g/mol. The van der Waals surface area contributed by atoms with Crippen LogP contribution in [0.1, 0.15) is 53.0 Å². The number of carbonyl (C=O) groups excluding carboxylic acids is 1. The first-order chi connectivity index (χ1) is 13.2. The number of ether oxygens (including phenoxy) is 1. The van der Waals surface area contributed by atoms with Crippen LogP contribution in [0.2, 0.25) is 0 Å². The molecule has 152 valence electrons. The lowest BCUT2D eigenvalue weighted by atomic mass is 9.70. The number of rotatable bonds is 7. The maximum absolute atomic E-state index is 11.7. The summed E-state index contributed by atoms with van der Waals surface area (Å²) in [5.41, 5.74) is 2.08. The summed E-state index contributed by atoms with van der Waals surface area (Å²) in [6, 6.07) is 17.0. The van der Waals surface area contributed by atoms with Crippen molar-refractivity contribution in [3.8, 4) is 5.75 Å². The molecular formula is C23H31NO4. The molecule has 2 unspecified atom stereocenters. The van der Waals surface area contributed by atoms with Gasteiger partial charge in [0, 0.05) is 12.6 Å². The molecule has 1 N–H and O–H groups in total. The lowest BCUT2D eigenvalue weighted by molar-refractivity contribution is -0.310. The van der Waals surface area contributed by atoms with Gasteiger partial charge in [-0.15, -0.1) is 4.89 Å². The van der Waals surface area contributed by atoms with Gasteiger partial charge < -0.3 is 4.74 Å². The fourth-order valence-electron chi connectivity index (χ4n) is 3.62. The Morgan fingerprint density at radius 1 is 0.929 bits per heavy atom. The third-order valence-corrected chi connectivity index (χ3v) is 4.42. The van der Waals surface area contributed by atoms with Gasteiger partial charge in [0.05, 0.1) is 0 Å². The molecule has 2 rings (SSSR count). The minimum atomic E-state index is -0.740. The van der Waals surface area contributed by atoms with Crippen LogP contribution in [0.25, 0.3) is 0 Å². The second-order valence-corrected chi connectivity index (χ2v) is 8.30. The van der Waals surface area contributed by atoms with Crippen LogP contribution in [-0.2, 0) is 9.78 Å². The molecule has 28 heavy (non-hydrogen) atoms. The van der Waals surface area contributed by atoms with Crippen LogP contribution in [0.15, 0.2) is 54.6 Å². The molecule has 0 heterocycles. The molecule has 0 aliphatic carbocycles. The van der Waals surface area contributed by atoms with Crippen LogP contribution in [-0.4, -0.2) is 12.4 Å². The maximum Gasteiger partial charge on any atom is 0.443 e. The first-order valence-electron chi connectivity index (χ1n) is 9.63. The van der Waals surface area contributed by atoms with Gasteiger partial charge in [-0.1, -0.05) is 65.0 Å². The van der Waals surface area contributed by atoms with Crippen molar-refractivity contribution >= 4 is 11.8 Å². The van der Waals surface area contributed by atoms with Crippen molar-refractivity contribution in [2.24, 2.45) is 11.3 Å². The Kier molecular flexibility index (Phi) is 7.46. The van der Waals surface area contributed by atoms with Gasteiger partial charge in [-0.05, 0) is 47.1 Å². The lowest BCUT2D eigenvalue weighted by Gasteiger charge is -2.34. The average molecular weight is 386 g/mol. The summed E-state index contributed by atoms with van der Waals surface area (Å²) in [5.74, 6) is 1.63. The quantitative estimate of drug-likeness (QED) is 0.341. The van der Waals surface area contributed by atoms with Gasteiger partial charge in [0.1, 0.15) is 5.75 Å². The highest BCUT2D eigenvalue weighted by molar-refractivity contribution is 5.83. The molecule has 1 amide bonds. The van der Waals surface area contributed by atoms with Crippen LogP contribution in [0.4, 0.5) is 10.5 Å². The molecule has 5 heteroatoms. The van der Waals surface area contributed by atoms with E-state index in [0.717, 1.165) is 0 Å². The lowest BCUT2D eigenvalue weighted by Crippen LogP contribution is -2.23. The van der Waals surface area contributed by atoms with Gasteiger partial charge in [0.15, 0.2) is 0 Å². The van der Waals surface area contributed by atoms with Crippen molar-refractivity contribution in [2.75, 3.05) is 5.32 Å². The Bertz CT molecular complexity index is 735. The SMILES string of the molecule is CC(OOC(=O)Nc1ccccc1)Oc1ccc(C(C(C)C)C(C)(C)C)cc1. The predicted molar refractivity (Wildman–Crippen MR) is 111 cm³/mol. The second kappa shape index (κ2) is 9.60. The zero-order chi connectivity index (χ0) is 20.7. The maximum atomic E-state index is 11.7. The smallest absolute Gasteiger partial charge is 0.443 e. The van der Waals surface area contributed by atoms with E-state index in [0.29, 0.717) is 23.3 Å². The average Bonchev–Trinajstić information content (AvgIpc) is 2.61. The molecule has 0 aliphatic rings. The molecule has 0 saturated carbocycles. The van der Waals surface area contributed by atoms with Gasteiger partial charge >= 0.3 is 6.09 Å². The molecule has 0 bridgehead atoms. The minimum absolute atomic E-state index is 0.174. The summed E-state index contributed by atoms with van der Waals surface area (Å²) in [4.78, 5) is 21.5. The normalized spacial score (nSPS) is 13.7. The predicted octanol–water partition coefficient (Wildman–Crippen LogP) is 6.38. The topological polar surface area (TPSA) is 56.8 Å². The highest BCUT2D eigenvalue weighted by Crippen LogP contribution is 2.40.